The zero-order chi connectivity index (χ0) is 16.1. The summed E-state index contributed by atoms with van der Waals surface area (Å²) < 4.78 is 5.35. The Kier molecular flexibility index (Phi) is 5.21. The number of ether oxygens (including phenoxy) is 1. The fraction of sp³-hybridized carbons (Fsp3) is 0.316. The molecule has 3 nitrogen and oxygen atoms in total. The molecule has 1 unspecified atom stereocenters. The molecular formula is C19H23NO2. The number of para-hydroxylation sites is 1. The highest BCUT2D eigenvalue weighted by molar-refractivity contribution is 5.79. The van der Waals surface area contributed by atoms with Gasteiger partial charge in [0.25, 0.3) is 0 Å². The van der Waals surface area contributed by atoms with Gasteiger partial charge in [-0.2, -0.15) is 0 Å². The lowest BCUT2D eigenvalue weighted by atomic mass is 10.0. The van der Waals surface area contributed by atoms with Crippen LogP contribution in [0.1, 0.15) is 35.2 Å². The predicted octanol–water partition coefficient (Wildman–Crippen LogP) is 3.73. The average molecular weight is 297 g/mol. The summed E-state index contributed by atoms with van der Waals surface area (Å²) in [6.45, 7) is 6.04. The number of methoxy groups -OCH3 is 1. The van der Waals surface area contributed by atoms with E-state index in [1.165, 1.54) is 5.56 Å². The highest BCUT2D eigenvalue weighted by atomic mass is 16.5. The summed E-state index contributed by atoms with van der Waals surface area (Å²) in [5.74, 6) is 0.814. The summed E-state index contributed by atoms with van der Waals surface area (Å²) in [6.07, 6.45) is 0.396. The molecule has 1 atom stereocenters. The van der Waals surface area contributed by atoms with Crippen molar-refractivity contribution in [1.29, 1.82) is 0 Å². The van der Waals surface area contributed by atoms with Gasteiger partial charge in [-0.15, -0.1) is 0 Å². The number of aryl methyl sites for hydroxylation is 2. The molecule has 0 saturated carbocycles. The van der Waals surface area contributed by atoms with Crippen molar-refractivity contribution < 1.29 is 9.53 Å². The van der Waals surface area contributed by atoms with Crippen LogP contribution in [0.4, 0.5) is 0 Å². The minimum atomic E-state index is -0.0891. The van der Waals surface area contributed by atoms with Gasteiger partial charge in [-0.3, -0.25) is 4.79 Å². The molecule has 0 aliphatic carbocycles. The Morgan fingerprint density at radius 2 is 1.91 bits per heavy atom. The van der Waals surface area contributed by atoms with E-state index in [4.69, 9.17) is 4.74 Å². The summed E-state index contributed by atoms with van der Waals surface area (Å²) in [6, 6.07) is 13.9. The highest BCUT2D eigenvalue weighted by Gasteiger charge is 2.14. The van der Waals surface area contributed by atoms with E-state index in [0.717, 1.165) is 22.4 Å². The van der Waals surface area contributed by atoms with Gasteiger partial charge in [-0.25, -0.2) is 0 Å². The monoisotopic (exact) mass is 297 g/mol. The molecule has 0 saturated heterocycles. The number of rotatable bonds is 5. The summed E-state index contributed by atoms with van der Waals surface area (Å²) in [7, 11) is 1.64. The number of nitrogens with one attached hydrogen (secondary N) is 1. The van der Waals surface area contributed by atoms with Gasteiger partial charge in [0.2, 0.25) is 5.91 Å². The maximum Gasteiger partial charge on any atom is 0.224 e. The molecule has 0 aliphatic heterocycles. The quantitative estimate of drug-likeness (QED) is 0.913. The third-order valence-electron chi connectivity index (χ3n) is 3.84. The van der Waals surface area contributed by atoms with E-state index in [2.05, 4.69) is 23.5 Å². The molecular weight excluding hydrogens is 274 g/mol. The molecule has 22 heavy (non-hydrogen) atoms. The van der Waals surface area contributed by atoms with E-state index in [0.29, 0.717) is 6.42 Å². The third-order valence-corrected chi connectivity index (χ3v) is 3.84. The summed E-state index contributed by atoms with van der Waals surface area (Å²) in [5.41, 5.74) is 4.38. The number of hydrogen-bond donors (Lipinski definition) is 1. The first-order valence-electron chi connectivity index (χ1n) is 7.49. The fourth-order valence-electron chi connectivity index (χ4n) is 2.56. The first kappa shape index (κ1) is 16.1. The lowest BCUT2D eigenvalue weighted by molar-refractivity contribution is -0.121. The van der Waals surface area contributed by atoms with Gasteiger partial charge in [0.15, 0.2) is 0 Å². The van der Waals surface area contributed by atoms with Gasteiger partial charge in [0.05, 0.1) is 19.6 Å². The molecule has 0 fully saturated rings. The molecule has 2 aromatic rings. The van der Waals surface area contributed by atoms with E-state index in [9.17, 15) is 4.79 Å². The second-order valence-corrected chi connectivity index (χ2v) is 5.64. The minimum absolute atomic E-state index is 0.0205. The van der Waals surface area contributed by atoms with Crippen LogP contribution in [0.5, 0.6) is 5.75 Å². The van der Waals surface area contributed by atoms with Crippen molar-refractivity contribution in [1.82, 2.24) is 5.32 Å². The van der Waals surface area contributed by atoms with Gasteiger partial charge in [0.1, 0.15) is 5.75 Å². The smallest absolute Gasteiger partial charge is 0.224 e. The summed E-state index contributed by atoms with van der Waals surface area (Å²) >= 11 is 0. The Bertz CT molecular complexity index is 664. The maximum absolute atomic E-state index is 12.3. The van der Waals surface area contributed by atoms with Crippen LogP contribution in [0.3, 0.4) is 0 Å². The van der Waals surface area contributed by atoms with Crippen molar-refractivity contribution in [2.24, 2.45) is 0 Å². The molecule has 0 bridgehead atoms. The number of amides is 1. The van der Waals surface area contributed by atoms with Crippen molar-refractivity contribution in [2.75, 3.05) is 7.11 Å². The fourth-order valence-corrected chi connectivity index (χ4v) is 2.56. The molecule has 0 aliphatic rings. The van der Waals surface area contributed by atoms with E-state index in [-0.39, 0.29) is 11.9 Å². The standard InChI is InChI=1S/C19H23NO2/c1-13-9-10-14(2)16(11-13)12-19(21)20-15(3)17-7-5-6-8-18(17)22-4/h5-11,15H,12H2,1-4H3,(H,20,21). The first-order chi connectivity index (χ1) is 10.5. The second kappa shape index (κ2) is 7.12. The topological polar surface area (TPSA) is 38.3 Å². The van der Waals surface area contributed by atoms with Gasteiger partial charge < -0.3 is 10.1 Å². The van der Waals surface area contributed by atoms with Crippen LogP contribution in [-0.2, 0) is 11.2 Å². The van der Waals surface area contributed by atoms with Crippen LogP contribution in [0.15, 0.2) is 42.5 Å². The zero-order valence-electron chi connectivity index (χ0n) is 13.6. The molecule has 0 radical (unpaired) electrons. The average Bonchev–Trinajstić information content (AvgIpc) is 2.50. The lowest BCUT2D eigenvalue weighted by Crippen LogP contribution is -2.28. The van der Waals surface area contributed by atoms with Gasteiger partial charge >= 0.3 is 0 Å². The molecule has 1 amide bonds. The molecule has 3 heteroatoms. The molecule has 2 rings (SSSR count). The molecule has 116 valence electrons. The van der Waals surface area contributed by atoms with Crippen molar-refractivity contribution in [3.8, 4) is 5.75 Å². The Morgan fingerprint density at radius 3 is 2.64 bits per heavy atom. The Balaban J connectivity index is 2.07. The molecule has 0 spiro atoms. The SMILES string of the molecule is COc1ccccc1C(C)NC(=O)Cc1cc(C)ccc1C. The van der Waals surface area contributed by atoms with E-state index in [1.54, 1.807) is 7.11 Å². The van der Waals surface area contributed by atoms with Gasteiger partial charge in [0, 0.05) is 5.56 Å². The van der Waals surface area contributed by atoms with Crippen molar-refractivity contribution in [3.05, 3.63) is 64.7 Å². The largest absolute Gasteiger partial charge is 0.496 e. The van der Waals surface area contributed by atoms with Crippen molar-refractivity contribution in [2.45, 2.75) is 33.2 Å². The van der Waals surface area contributed by atoms with Gasteiger partial charge in [-0.1, -0.05) is 42.0 Å². The van der Waals surface area contributed by atoms with Crippen LogP contribution < -0.4 is 10.1 Å². The molecule has 0 heterocycles. The van der Waals surface area contributed by atoms with Crippen molar-refractivity contribution in [3.63, 3.8) is 0 Å². The molecule has 1 N–H and O–H groups in total. The third kappa shape index (κ3) is 3.88. The molecule has 2 aromatic carbocycles. The van der Waals surface area contributed by atoms with Gasteiger partial charge in [-0.05, 0) is 38.0 Å². The normalized spacial score (nSPS) is 11.8. The van der Waals surface area contributed by atoms with Crippen LogP contribution in [0.25, 0.3) is 0 Å². The first-order valence-corrected chi connectivity index (χ1v) is 7.49. The Hall–Kier alpha value is -2.29. The number of carbonyl (C=O) groups excluding carboxylic acids is 1. The van der Waals surface area contributed by atoms with E-state index >= 15 is 0 Å². The maximum atomic E-state index is 12.3. The highest BCUT2D eigenvalue weighted by Crippen LogP contribution is 2.24. The zero-order valence-corrected chi connectivity index (χ0v) is 13.6. The Morgan fingerprint density at radius 1 is 1.18 bits per heavy atom. The lowest BCUT2D eigenvalue weighted by Gasteiger charge is -2.17. The summed E-state index contributed by atoms with van der Waals surface area (Å²) in [5, 5.41) is 3.05. The van der Waals surface area contributed by atoms with Crippen molar-refractivity contribution >= 4 is 5.91 Å². The number of carbonyl (C=O) groups is 1. The summed E-state index contributed by atoms with van der Waals surface area (Å²) in [4.78, 5) is 12.3. The predicted molar refractivity (Wildman–Crippen MR) is 89.2 cm³/mol. The number of hydrogen-bond acceptors (Lipinski definition) is 2. The number of benzene rings is 2. The van der Waals surface area contributed by atoms with Crippen LogP contribution >= 0.6 is 0 Å². The van der Waals surface area contributed by atoms with Crippen LogP contribution in [0, 0.1) is 13.8 Å². The van der Waals surface area contributed by atoms with E-state index in [1.807, 2.05) is 45.0 Å². The second-order valence-electron chi connectivity index (χ2n) is 5.64. The Labute approximate surface area is 132 Å². The molecule has 0 aromatic heterocycles. The van der Waals surface area contributed by atoms with E-state index < -0.39 is 0 Å². The van der Waals surface area contributed by atoms with Crippen LogP contribution in [0.2, 0.25) is 0 Å². The van der Waals surface area contributed by atoms with Crippen LogP contribution in [-0.4, -0.2) is 13.0 Å². The minimum Gasteiger partial charge on any atom is -0.496 e.